The van der Waals surface area contributed by atoms with Gasteiger partial charge in [-0.1, -0.05) is 6.92 Å². The molecule has 0 spiro atoms. The Labute approximate surface area is 98.2 Å². The van der Waals surface area contributed by atoms with Crippen LogP contribution in [0.3, 0.4) is 0 Å². The second-order valence-electron chi connectivity index (χ2n) is 4.88. The summed E-state index contributed by atoms with van der Waals surface area (Å²) in [7, 11) is 0. The minimum absolute atomic E-state index is 0.526. The second-order valence-corrected chi connectivity index (χ2v) is 4.88. The van der Waals surface area contributed by atoms with Crippen molar-refractivity contribution in [3.63, 3.8) is 0 Å². The lowest BCUT2D eigenvalue weighted by atomic mass is 10.2. The van der Waals surface area contributed by atoms with Crippen LogP contribution in [0.4, 0.5) is 0 Å². The molecule has 90 valence electrons. The first-order valence-electron chi connectivity index (χ1n) is 6.57. The summed E-state index contributed by atoms with van der Waals surface area (Å²) in [5.41, 5.74) is 1.23. The van der Waals surface area contributed by atoms with Crippen molar-refractivity contribution in [1.82, 2.24) is 15.1 Å². The molecule has 0 radical (unpaired) electrons. The molecule has 1 N–H and O–H groups in total. The molecule has 1 heterocycles. The Kier molecular flexibility index (Phi) is 3.99. The third-order valence-electron chi connectivity index (χ3n) is 3.33. The molecule has 2 rings (SSSR count). The van der Waals surface area contributed by atoms with Gasteiger partial charge in [0.25, 0.3) is 0 Å². The first-order valence-corrected chi connectivity index (χ1v) is 6.57. The number of nitrogens with zero attached hydrogens (tertiary/aromatic N) is 2. The Bertz CT molecular complexity index is 315. The van der Waals surface area contributed by atoms with Gasteiger partial charge in [0.1, 0.15) is 0 Å². The van der Waals surface area contributed by atoms with Crippen LogP contribution in [-0.4, -0.2) is 22.4 Å². The Morgan fingerprint density at radius 1 is 1.56 bits per heavy atom. The molecule has 1 aliphatic carbocycles. The summed E-state index contributed by atoms with van der Waals surface area (Å²) in [6.45, 7) is 5.55. The zero-order valence-corrected chi connectivity index (χ0v) is 10.4. The van der Waals surface area contributed by atoms with Crippen molar-refractivity contribution in [2.45, 2.75) is 58.0 Å². The van der Waals surface area contributed by atoms with E-state index in [0.717, 1.165) is 25.4 Å². The van der Waals surface area contributed by atoms with E-state index in [1.807, 2.05) is 0 Å². The fourth-order valence-electron chi connectivity index (χ4n) is 1.81. The maximum Gasteiger partial charge on any atom is 0.0625 e. The Balaban J connectivity index is 1.69. The van der Waals surface area contributed by atoms with Gasteiger partial charge in [-0.2, -0.15) is 5.10 Å². The summed E-state index contributed by atoms with van der Waals surface area (Å²) in [5, 5.41) is 8.14. The minimum Gasteiger partial charge on any atom is -0.314 e. The maximum atomic E-state index is 4.60. The third-order valence-corrected chi connectivity index (χ3v) is 3.33. The number of aryl methyl sites for hydroxylation is 1. The second kappa shape index (κ2) is 5.48. The number of rotatable bonds is 7. The summed E-state index contributed by atoms with van der Waals surface area (Å²) in [5.74, 6) is 0. The molecule has 1 aromatic rings. The monoisotopic (exact) mass is 221 g/mol. The highest BCUT2D eigenvalue weighted by Crippen LogP contribution is 2.18. The number of nitrogens with one attached hydrogen (secondary N) is 1. The first kappa shape index (κ1) is 11.6. The van der Waals surface area contributed by atoms with Crippen molar-refractivity contribution in [3.8, 4) is 0 Å². The van der Waals surface area contributed by atoms with Gasteiger partial charge in [-0.05, 0) is 51.6 Å². The smallest absolute Gasteiger partial charge is 0.0625 e. The van der Waals surface area contributed by atoms with Crippen molar-refractivity contribution in [2.24, 2.45) is 0 Å². The molecule has 0 saturated heterocycles. The molecule has 1 fully saturated rings. The zero-order chi connectivity index (χ0) is 11.4. The molecule has 0 amide bonds. The van der Waals surface area contributed by atoms with Crippen LogP contribution in [0.5, 0.6) is 0 Å². The third kappa shape index (κ3) is 3.34. The molecule has 0 aliphatic heterocycles. The van der Waals surface area contributed by atoms with Crippen LogP contribution in [0.2, 0.25) is 0 Å². The van der Waals surface area contributed by atoms with Crippen molar-refractivity contribution in [1.29, 1.82) is 0 Å². The molecule has 3 heteroatoms. The number of hydrogen-bond acceptors (Lipinski definition) is 2. The van der Waals surface area contributed by atoms with Crippen LogP contribution in [0.1, 0.15) is 51.3 Å². The van der Waals surface area contributed by atoms with E-state index in [1.165, 1.54) is 25.0 Å². The van der Waals surface area contributed by atoms with E-state index in [-0.39, 0.29) is 0 Å². The highest BCUT2D eigenvalue weighted by Gasteiger charge is 2.19. The van der Waals surface area contributed by atoms with Crippen LogP contribution in [-0.2, 0) is 6.42 Å². The molecule has 1 aromatic heterocycles. The van der Waals surface area contributed by atoms with Crippen LogP contribution < -0.4 is 5.32 Å². The number of aromatic nitrogens is 2. The molecular formula is C13H23N3. The van der Waals surface area contributed by atoms with Gasteiger partial charge < -0.3 is 5.32 Å². The van der Waals surface area contributed by atoms with E-state index in [2.05, 4.69) is 41.2 Å². The molecule has 1 saturated carbocycles. The predicted molar refractivity (Wildman–Crippen MR) is 66.6 cm³/mol. The van der Waals surface area contributed by atoms with E-state index in [9.17, 15) is 0 Å². The van der Waals surface area contributed by atoms with Crippen LogP contribution in [0, 0.1) is 0 Å². The van der Waals surface area contributed by atoms with Gasteiger partial charge in [0, 0.05) is 18.3 Å². The Hall–Kier alpha value is -0.830. The van der Waals surface area contributed by atoms with E-state index < -0.39 is 0 Å². The molecule has 0 aromatic carbocycles. The molecule has 0 bridgehead atoms. The quantitative estimate of drug-likeness (QED) is 0.717. The summed E-state index contributed by atoms with van der Waals surface area (Å²) < 4.78 is 2.09. The van der Waals surface area contributed by atoms with Gasteiger partial charge in [-0.3, -0.25) is 4.68 Å². The predicted octanol–water partition coefficient (Wildman–Crippen LogP) is 2.54. The lowest BCUT2D eigenvalue weighted by Crippen LogP contribution is -2.18. The molecule has 16 heavy (non-hydrogen) atoms. The lowest BCUT2D eigenvalue weighted by molar-refractivity contribution is 0.472. The van der Waals surface area contributed by atoms with Gasteiger partial charge in [0.2, 0.25) is 0 Å². The average molecular weight is 221 g/mol. The minimum atomic E-state index is 0.526. The lowest BCUT2D eigenvalue weighted by Gasteiger charge is -2.08. The molecule has 1 aliphatic rings. The Morgan fingerprint density at radius 2 is 2.38 bits per heavy atom. The Morgan fingerprint density at radius 3 is 3.06 bits per heavy atom. The summed E-state index contributed by atoms with van der Waals surface area (Å²) >= 11 is 0. The molecular weight excluding hydrogens is 198 g/mol. The number of hydrogen-bond donors (Lipinski definition) is 1. The van der Waals surface area contributed by atoms with Crippen LogP contribution in [0.15, 0.2) is 12.3 Å². The summed E-state index contributed by atoms with van der Waals surface area (Å²) in [6, 6.07) is 3.51. The van der Waals surface area contributed by atoms with Gasteiger partial charge in [0.05, 0.1) is 5.69 Å². The zero-order valence-electron chi connectivity index (χ0n) is 10.4. The van der Waals surface area contributed by atoms with Crippen LogP contribution >= 0.6 is 0 Å². The van der Waals surface area contributed by atoms with E-state index >= 15 is 0 Å². The SMILES string of the molecule is CCC(C)n1ccc(CCCNC2CC2)n1. The van der Waals surface area contributed by atoms with Gasteiger partial charge in [0.15, 0.2) is 0 Å². The van der Waals surface area contributed by atoms with Gasteiger partial charge in [-0.15, -0.1) is 0 Å². The highest BCUT2D eigenvalue weighted by atomic mass is 15.3. The van der Waals surface area contributed by atoms with E-state index in [4.69, 9.17) is 0 Å². The average Bonchev–Trinajstić information content (AvgIpc) is 3.01. The van der Waals surface area contributed by atoms with Crippen molar-refractivity contribution in [2.75, 3.05) is 6.54 Å². The molecule has 1 atom stereocenters. The highest BCUT2D eigenvalue weighted by molar-refractivity contribution is 4.99. The molecule has 3 nitrogen and oxygen atoms in total. The standard InChI is InChI=1S/C13H23N3/c1-3-11(2)16-10-8-13(15-16)5-4-9-14-12-6-7-12/h8,10-12,14H,3-7,9H2,1-2H3. The van der Waals surface area contributed by atoms with Crippen molar-refractivity contribution < 1.29 is 0 Å². The maximum absolute atomic E-state index is 4.60. The van der Waals surface area contributed by atoms with E-state index in [1.54, 1.807) is 0 Å². The summed E-state index contributed by atoms with van der Waals surface area (Å²) in [6.07, 6.45) is 8.31. The van der Waals surface area contributed by atoms with Crippen LogP contribution in [0.25, 0.3) is 0 Å². The first-order chi connectivity index (χ1) is 7.79. The van der Waals surface area contributed by atoms with Crippen molar-refractivity contribution in [3.05, 3.63) is 18.0 Å². The van der Waals surface area contributed by atoms with Crippen molar-refractivity contribution >= 4 is 0 Å². The van der Waals surface area contributed by atoms with Gasteiger partial charge >= 0.3 is 0 Å². The topological polar surface area (TPSA) is 29.9 Å². The fourth-order valence-corrected chi connectivity index (χ4v) is 1.81. The van der Waals surface area contributed by atoms with Gasteiger partial charge in [-0.25, -0.2) is 0 Å². The summed E-state index contributed by atoms with van der Waals surface area (Å²) in [4.78, 5) is 0. The van der Waals surface area contributed by atoms with E-state index in [0.29, 0.717) is 6.04 Å². The fraction of sp³-hybridized carbons (Fsp3) is 0.769. The molecule has 1 unspecified atom stereocenters. The largest absolute Gasteiger partial charge is 0.314 e. The normalized spacial score (nSPS) is 17.6.